The normalized spacial score (nSPS) is 13.9. The summed E-state index contributed by atoms with van der Waals surface area (Å²) in [6.45, 7) is 9.04. The second-order valence-corrected chi connectivity index (χ2v) is 2.96. The lowest BCUT2D eigenvalue weighted by atomic mass is 10.2. The molecule has 1 atom stereocenters. The Morgan fingerprint density at radius 3 is 2.36 bits per heavy atom. The van der Waals surface area contributed by atoms with E-state index >= 15 is 0 Å². The van der Waals surface area contributed by atoms with Crippen LogP contribution < -0.4 is 0 Å². The number of rotatable bonds is 6. The van der Waals surface area contributed by atoms with E-state index in [1.165, 1.54) is 6.42 Å². The lowest BCUT2D eigenvalue weighted by Crippen LogP contribution is -2.33. The first-order valence-corrected chi connectivity index (χ1v) is 4.61. The van der Waals surface area contributed by atoms with Crippen LogP contribution in [-0.4, -0.2) is 35.7 Å². The van der Waals surface area contributed by atoms with Gasteiger partial charge in [0.15, 0.2) is 0 Å². The molecule has 1 N–H and O–H groups in total. The molecule has 0 saturated heterocycles. The molecule has 0 aromatic rings. The molecule has 0 heterocycles. The van der Waals surface area contributed by atoms with Crippen LogP contribution in [0.3, 0.4) is 0 Å². The topological polar surface area (TPSA) is 23.5 Å². The van der Waals surface area contributed by atoms with Crippen LogP contribution in [0.25, 0.3) is 0 Å². The third-order valence-corrected chi connectivity index (χ3v) is 2.22. The highest BCUT2D eigenvalue weighted by molar-refractivity contribution is 4.63. The number of aliphatic hydroxyl groups excluding tert-OH is 1. The highest BCUT2D eigenvalue weighted by Crippen LogP contribution is 2.02. The summed E-state index contributed by atoms with van der Waals surface area (Å²) < 4.78 is 0. The summed E-state index contributed by atoms with van der Waals surface area (Å²) in [5.41, 5.74) is 0. The van der Waals surface area contributed by atoms with E-state index in [1.807, 2.05) is 0 Å². The molecule has 2 heteroatoms. The molecule has 0 fully saturated rings. The van der Waals surface area contributed by atoms with Crippen molar-refractivity contribution < 1.29 is 5.11 Å². The van der Waals surface area contributed by atoms with Gasteiger partial charge in [0, 0.05) is 19.2 Å². The minimum Gasteiger partial charge on any atom is -0.396 e. The number of nitrogens with zero attached hydrogens (tertiary/aromatic N) is 1. The molecule has 0 amide bonds. The van der Waals surface area contributed by atoms with Gasteiger partial charge in [-0.25, -0.2) is 0 Å². The highest BCUT2D eigenvalue weighted by atomic mass is 16.3. The van der Waals surface area contributed by atoms with Crippen LogP contribution in [0, 0.1) is 0 Å². The van der Waals surface area contributed by atoms with Gasteiger partial charge in [0.1, 0.15) is 0 Å². The summed E-state index contributed by atoms with van der Waals surface area (Å²) in [7, 11) is 0. The molecule has 2 nitrogen and oxygen atoms in total. The van der Waals surface area contributed by atoms with Crippen LogP contribution in [0.1, 0.15) is 33.6 Å². The minimum atomic E-state index is 0.312. The Morgan fingerprint density at radius 2 is 2.00 bits per heavy atom. The van der Waals surface area contributed by atoms with Crippen molar-refractivity contribution in [1.82, 2.24) is 4.90 Å². The monoisotopic (exact) mass is 159 g/mol. The van der Waals surface area contributed by atoms with Crippen LogP contribution in [0.5, 0.6) is 0 Å². The van der Waals surface area contributed by atoms with Crippen molar-refractivity contribution in [1.29, 1.82) is 0 Å². The van der Waals surface area contributed by atoms with Gasteiger partial charge >= 0.3 is 0 Å². The molecule has 0 aliphatic heterocycles. The summed E-state index contributed by atoms with van der Waals surface area (Å²) in [6.07, 6.45) is 2.09. The second kappa shape index (κ2) is 6.62. The Balaban J connectivity index is 3.56. The van der Waals surface area contributed by atoms with Gasteiger partial charge in [0.2, 0.25) is 0 Å². The fourth-order valence-electron chi connectivity index (χ4n) is 1.22. The Labute approximate surface area is 70.2 Å². The van der Waals surface area contributed by atoms with E-state index in [-0.39, 0.29) is 0 Å². The molecule has 0 saturated carbocycles. The molecular formula is C9H21NO. The predicted molar refractivity (Wildman–Crippen MR) is 48.7 cm³/mol. The van der Waals surface area contributed by atoms with Crippen LogP contribution in [-0.2, 0) is 0 Å². The van der Waals surface area contributed by atoms with Crippen molar-refractivity contribution in [3.05, 3.63) is 0 Å². The molecule has 0 aliphatic carbocycles. The van der Waals surface area contributed by atoms with Gasteiger partial charge < -0.3 is 10.0 Å². The van der Waals surface area contributed by atoms with Gasteiger partial charge in [0.05, 0.1) is 0 Å². The third-order valence-electron chi connectivity index (χ3n) is 2.22. The molecule has 1 unspecified atom stereocenters. The molecule has 0 aromatic carbocycles. The number of hydrogen-bond acceptors (Lipinski definition) is 2. The smallest absolute Gasteiger partial charge is 0.0443 e. The van der Waals surface area contributed by atoms with Gasteiger partial charge in [-0.05, 0) is 26.3 Å². The van der Waals surface area contributed by atoms with Gasteiger partial charge in [-0.2, -0.15) is 0 Å². The fourth-order valence-corrected chi connectivity index (χ4v) is 1.22. The fraction of sp³-hybridized carbons (Fsp3) is 1.00. The van der Waals surface area contributed by atoms with Crippen LogP contribution in [0.2, 0.25) is 0 Å². The quantitative estimate of drug-likeness (QED) is 0.634. The molecule has 0 aromatic heterocycles. The number of aliphatic hydroxyl groups is 1. The molecular weight excluding hydrogens is 138 g/mol. The SMILES string of the molecule is CCC(C)N(CC)CCCO. The maximum absolute atomic E-state index is 8.64. The largest absolute Gasteiger partial charge is 0.396 e. The zero-order valence-corrected chi connectivity index (χ0v) is 8.01. The maximum Gasteiger partial charge on any atom is 0.0443 e. The van der Waals surface area contributed by atoms with Gasteiger partial charge in [0.25, 0.3) is 0 Å². The molecule has 0 rings (SSSR count). The molecule has 0 radical (unpaired) electrons. The van der Waals surface area contributed by atoms with Crippen molar-refractivity contribution in [2.45, 2.75) is 39.7 Å². The summed E-state index contributed by atoms with van der Waals surface area (Å²) in [4.78, 5) is 2.40. The summed E-state index contributed by atoms with van der Waals surface area (Å²) >= 11 is 0. The van der Waals surface area contributed by atoms with E-state index in [0.717, 1.165) is 19.5 Å². The van der Waals surface area contributed by atoms with Crippen LogP contribution in [0.15, 0.2) is 0 Å². The third kappa shape index (κ3) is 4.38. The molecule has 11 heavy (non-hydrogen) atoms. The standard InChI is InChI=1S/C9H21NO/c1-4-9(3)10(5-2)7-6-8-11/h9,11H,4-8H2,1-3H3. The lowest BCUT2D eigenvalue weighted by molar-refractivity contribution is 0.187. The first-order valence-electron chi connectivity index (χ1n) is 4.61. The van der Waals surface area contributed by atoms with E-state index in [2.05, 4.69) is 25.7 Å². The molecule has 68 valence electrons. The first-order chi connectivity index (χ1) is 5.26. The Hall–Kier alpha value is -0.0800. The maximum atomic E-state index is 8.64. The number of hydrogen-bond donors (Lipinski definition) is 1. The Bertz CT molecular complexity index is 85.6. The van der Waals surface area contributed by atoms with Crippen molar-refractivity contribution in [3.8, 4) is 0 Å². The molecule has 0 bridgehead atoms. The zero-order chi connectivity index (χ0) is 8.69. The average molecular weight is 159 g/mol. The summed E-state index contributed by atoms with van der Waals surface area (Å²) in [5.74, 6) is 0. The van der Waals surface area contributed by atoms with Crippen molar-refractivity contribution in [3.63, 3.8) is 0 Å². The Morgan fingerprint density at radius 1 is 1.36 bits per heavy atom. The summed E-state index contributed by atoms with van der Waals surface area (Å²) in [5, 5.41) is 8.64. The lowest BCUT2D eigenvalue weighted by Gasteiger charge is -2.26. The van der Waals surface area contributed by atoms with Crippen molar-refractivity contribution in [2.75, 3.05) is 19.7 Å². The van der Waals surface area contributed by atoms with E-state index in [4.69, 9.17) is 5.11 Å². The molecule has 0 aliphatic rings. The summed E-state index contributed by atoms with van der Waals surface area (Å²) in [6, 6.07) is 0.659. The van der Waals surface area contributed by atoms with Gasteiger partial charge in [-0.1, -0.05) is 13.8 Å². The zero-order valence-electron chi connectivity index (χ0n) is 8.01. The first kappa shape index (κ1) is 10.9. The molecule has 0 spiro atoms. The van der Waals surface area contributed by atoms with Crippen LogP contribution >= 0.6 is 0 Å². The van der Waals surface area contributed by atoms with E-state index in [1.54, 1.807) is 0 Å². The van der Waals surface area contributed by atoms with E-state index < -0.39 is 0 Å². The minimum absolute atomic E-state index is 0.312. The predicted octanol–water partition coefficient (Wildman–Crippen LogP) is 1.49. The van der Waals surface area contributed by atoms with Gasteiger partial charge in [-0.15, -0.1) is 0 Å². The second-order valence-electron chi connectivity index (χ2n) is 2.96. The van der Waals surface area contributed by atoms with Crippen LogP contribution in [0.4, 0.5) is 0 Å². The van der Waals surface area contributed by atoms with Crippen molar-refractivity contribution >= 4 is 0 Å². The highest BCUT2D eigenvalue weighted by Gasteiger charge is 2.07. The van der Waals surface area contributed by atoms with E-state index in [9.17, 15) is 0 Å². The van der Waals surface area contributed by atoms with Crippen molar-refractivity contribution in [2.24, 2.45) is 0 Å². The Kier molecular flexibility index (Phi) is 6.57. The van der Waals surface area contributed by atoms with E-state index in [0.29, 0.717) is 12.6 Å². The van der Waals surface area contributed by atoms with Gasteiger partial charge in [-0.3, -0.25) is 0 Å². The average Bonchev–Trinajstić information content (AvgIpc) is 2.05.